The standard InChI is InChI=1S/C15H12N6O4S/c16-14(23)13(22)9(7-10-18-5-6-25-10)19-15(24)12-11(20-26-21-12)8-3-1-2-4-17-8/h1-6,9H,7H2,(H2,16,23)(H,19,24). The summed E-state index contributed by atoms with van der Waals surface area (Å²) in [5.41, 5.74) is 5.77. The third kappa shape index (κ3) is 3.78. The number of Topliss-reactive ketones (excluding diaryl/α,β-unsaturated/α-hetero) is 1. The molecule has 0 radical (unpaired) electrons. The van der Waals surface area contributed by atoms with Gasteiger partial charge in [-0.2, -0.15) is 8.75 Å². The van der Waals surface area contributed by atoms with Crippen molar-refractivity contribution in [1.82, 2.24) is 24.0 Å². The lowest BCUT2D eigenvalue weighted by molar-refractivity contribution is -0.137. The fraction of sp³-hybridized carbons (Fsp3) is 0.133. The second-order valence-corrected chi connectivity index (χ2v) is 5.59. The monoisotopic (exact) mass is 372 g/mol. The topological polar surface area (TPSA) is 154 Å². The van der Waals surface area contributed by atoms with Crippen LogP contribution in [-0.4, -0.2) is 42.4 Å². The first-order valence-corrected chi connectivity index (χ1v) is 8.06. The van der Waals surface area contributed by atoms with Crippen LogP contribution in [0.3, 0.4) is 0 Å². The Bertz CT molecular complexity index is 925. The molecule has 3 aromatic rings. The zero-order chi connectivity index (χ0) is 18.5. The number of aromatic nitrogens is 4. The number of primary amides is 1. The number of hydrogen-bond donors (Lipinski definition) is 2. The van der Waals surface area contributed by atoms with Gasteiger partial charge in [0.25, 0.3) is 11.8 Å². The van der Waals surface area contributed by atoms with Gasteiger partial charge in [0.1, 0.15) is 18.0 Å². The van der Waals surface area contributed by atoms with Gasteiger partial charge in [0, 0.05) is 6.20 Å². The van der Waals surface area contributed by atoms with Crippen LogP contribution in [0.1, 0.15) is 16.4 Å². The Morgan fingerprint density at radius 2 is 2.04 bits per heavy atom. The second-order valence-electron chi connectivity index (χ2n) is 5.06. The number of nitrogens with zero attached hydrogens (tertiary/aromatic N) is 4. The number of nitrogens with two attached hydrogens (primary N) is 1. The maximum Gasteiger partial charge on any atom is 0.287 e. The summed E-state index contributed by atoms with van der Waals surface area (Å²) in [6.07, 6.45) is 4.12. The van der Waals surface area contributed by atoms with Gasteiger partial charge >= 0.3 is 0 Å². The number of rotatable bonds is 7. The molecule has 0 spiro atoms. The van der Waals surface area contributed by atoms with Crippen molar-refractivity contribution in [1.29, 1.82) is 0 Å². The molecule has 3 N–H and O–H groups in total. The highest BCUT2D eigenvalue weighted by Crippen LogP contribution is 2.19. The van der Waals surface area contributed by atoms with Crippen LogP contribution in [0, 0.1) is 0 Å². The van der Waals surface area contributed by atoms with Crippen LogP contribution >= 0.6 is 11.7 Å². The third-order valence-electron chi connectivity index (χ3n) is 3.34. The van der Waals surface area contributed by atoms with Crippen LogP contribution in [0.2, 0.25) is 0 Å². The molecule has 3 heterocycles. The molecule has 3 aromatic heterocycles. The minimum absolute atomic E-state index is 0.0108. The Morgan fingerprint density at radius 1 is 1.19 bits per heavy atom. The van der Waals surface area contributed by atoms with Crippen molar-refractivity contribution >= 4 is 29.3 Å². The average Bonchev–Trinajstić information content (AvgIpc) is 3.32. The van der Waals surface area contributed by atoms with Crippen molar-refractivity contribution in [3.63, 3.8) is 0 Å². The van der Waals surface area contributed by atoms with Crippen LogP contribution in [0.25, 0.3) is 11.4 Å². The van der Waals surface area contributed by atoms with Crippen LogP contribution in [0.15, 0.2) is 41.3 Å². The number of carbonyl (C=O) groups excluding carboxylic acids is 3. The van der Waals surface area contributed by atoms with E-state index in [9.17, 15) is 14.4 Å². The van der Waals surface area contributed by atoms with E-state index in [0.29, 0.717) is 5.69 Å². The van der Waals surface area contributed by atoms with E-state index >= 15 is 0 Å². The molecule has 2 amide bonds. The fourth-order valence-electron chi connectivity index (χ4n) is 2.14. The Balaban J connectivity index is 1.83. The van der Waals surface area contributed by atoms with Crippen molar-refractivity contribution in [3.8, 4) is 11.4 Å². The molecule has 0 aliphatic carbocycles. The van der Waals surface area contributed by atoms with Crippen LogP contribution in [0.5, 0.6) is 0 Å². The number of ketones is 1. The lowest BCUT2D eigenvalue weighted by Crippen LogP contribution is -2.47. The number of hydrogen-bond acceptors (Lipinski definition) is 9. The van der Waals surface area contributed by atoms with Crippen molar-refractivity contribution < 1.29 is 18.8 Å². The van der Waals surface area contributed by atoms with Gasteiger partial charge in [0.05, 0.1) is 30.0 Å². The van der Waals surface area contributed by atoms with Gasteiger partial charge in [0.2, 0.25) is 5.78 Å². The van der Waals surface area contributed by atoms with E-state index in [2.05, 4.69) is 24.0 Å². The quantitative estimate of drug-likeness (QED) is 0.549. The Hall–Kier alpha value is -3.47. The second kappa shape index (κ2) is 7.61. The summed E-state index contributed by atoms with van der Waals surface area (Å²) in [6, 6.07) is 3.90. The summed E-state index contributed by atoms with van der Waals surface area (Å²) in [7, 11) is 0. The number of carbonyl (C=O) groups is 3. The van der Waals surface area contributed by atoms with E-state index in [1.807, 2.05) is 0 Å². The maximum absolute atomic E-state index is 12.6. The Kier molecular flexibility index (Phi) is 5.08. The predicted molar refractivity (Wildman–Crippen MR) is 88.8 cm³/mol. The zero-order valence-corrected chi connectivity index (χ0v) is 14.0. The van der Waals surface area contributed by atoms with Gasteiger partial charge < -0.3 is 15.5 Å². The van der Waals surface area contributed by atoms with Gasteiger partial charge in [-0.05, 0) is 12.1 Å². The van der Waals surface area contributed by atoms with Crippen LogP contribution in [-0.2, 0) is 16.0 Å². The van der Waals surface area contributed by atoms with E-state index in [1.165, 1.54) is 12.5 Å². The SMILES string of the molecule is NC(=O)C(=O)C(Cc1ncco1)NC(=O)c1nsnc1-c1ccccn1. The van der Waals surface area contributed by atoms with Crippen molar-refractivity contribution in [2.75, 3.05) is 0 Å². The molecular weight excluding hydrogens is 360 g/mol. The molecular formula is C15H12N6O4S. The van der Waals surface area contributed by atoms with Gasteiger partial charge in [-0.25, -0.2) is 4.98 Å². The number of oxazole rings is 1. The first-order chi connectivity index (χ1) is 12.6. The average molecular weight is 372 g/mol. The highest BCUT2D eigenvalue weighted by molar-refractivity contribution is 6.99. The summed E-state index contributed by atoms with van der Waals surface area (Å²) in [5, 5.41) is 2.44. The van der Waals surface area contributed by atoms with E-state index in [4.69, 9.17) is 10.2 Å². The van der Waals surface area contributed by atoms with E-state index in [0.717, 1.165) is 11.7 Å². The maximum atomic E-state index is 12.6. The normalized spacial score (nSPS) is 11.7. The van der Waals surface area contributed by atoms with Gasteiger partial charge in [0.15, 0.2) is 11.6 Å². The lowest BCUT2D eigenvalue weighted by Gasteiger charge is -2.14. The zero-order valence-electron chi connectivity index (χ0n) is 13.2. The molecule has 26 heavy (non-hydrogen) atoms. The first kappa shape index (κ1) is 17.4. The molecule has 11 heteroatoms. The molecule has 1 atom stereocenters. The molecule has 0 saturated heterocycles. The van der Waals surface area contributed by atoms with Crippen molar-refractivity contribution in [2.24, 2.45) is 5.73 Å². The number of amides is 2. The summed E-state index contributed by atoms with van der Waals surface area (Å²) in [6.45, 7) is 0. The molecule has 0 bridgehead atoms. The molecule has 10 nitrogen and oxygen atoms in total. The van der Waals surface area contributed by atoms with E-state index in [-0.39, 0.29) is 23.7 Å². The number of nitrogens with one attached hydrogen (secondary N) is 1. The highest BCUT2D eigenvalue weighted by atomic mass is 32.1. The Morgan fingerprint density at radius 3 is 2.69 bits per heavy atom. The molecule has 3 rings (SSSR count). The van der Waals surface area contributed by atoms with Gasteiger partial charge in [-0.3, -0.25) is 19.4 Å². The molecule has 132 valence electrons. The van der Waals surface area contributed by atoms with Gasteiger partial charge in [-0.1, -0.05) is 6.07 Å². The smallest absolute Gasteiger partial charge is 0.287 e. The third-order valence-corrected chi connectivity index (χ3v) is 3.87. The largest absolute Gasteiger partial charge is 0.449 e. The molecule has 0 aliphatic rings. The van der Waals surface area contributed by atoms with Crippen LogP contribution in [0.4, 0.5) is 0 Å². The highest BCUT2D eigenvalue weighted by Gasteiger charge is 2.29. The molecule has 0 aliphatic heterocycles. The predicted octanol–water partition coefficient (Wildman–Crippen LogP) is -0.0164. The summed E-state index contributed by atoms with van der Waals surface area (Å²) >= 11 is 0.828. The molecule has 0 saturated carbocycles. The first-order valence-electron chi connectivity index (χ1n) is 7.33. The molecule has 0 aromatic carbocycles. The number of pyridine rings is 1. The fourth-order valence-corrected chi connectivity index (χ4v) is 2.70. The lowest BCUT2D eigenvalue weighted by atomic mass is 10.1. The summed E-state index contributed by atoms with van der Waals surface area (Å²) in [5.74, 6) is -2.67. The molecule has 0 fully saturated rings. The Labute approximate surface area is 150 Å². The van der Waals surface area contributed by atoms with Crippen LogP contribution < -0.4 is 11.1 Å². The molecule has 1 unspecified atom stereocenters. The minimum Gasteiger partial charge on any atom is -0.449 e. The summed E-state index contributed by atoms with van der Waals surface area (Å²) in [4.78, 5) is 43.9. The van der Waals surface area contributed by atoms with Gasteiger partial charge in [-0.15, -0.1) is 0 Å². The summed E-state index contributed by atoms with van der Waals surface area (Å²) < 4.78 is 13.1. The van der Waals surface area contributed by atoms with Crippen molar-refractivity contribution in [3.05, 3.63) is 48.4 Å². The van der Waals surface area contributed by atoms with Crippen molar-refractivity contribution in [2.45, 2.75) is 12.5 Å². The van der Waals surface area contributed by atoms with E-state index in [1.54, 1.807) is 24.4 Å². The van der Waals surface area contributed by atoms with E-state index < -0.39 is 23.6 Å². The minimum atomic E-state index is -1.24.